The van der Waals surface area contributed by atoms with E-state index in [9.17, 15) is 23.1 Å². The number of hydrogen-bond acceptors (Lipinski definition) is 3. The molecule has 1 heterocycles. The Morgan fingerprint density at radius 1 is 1.36 bits per heavy atom. The van der Waals surface area contributed by atoms with Crippen LogP contribution in [0.3, 0.4) is 0 Å². The molecule has 1 amide bonds. The van der Waals surface area contributed by atoms with E-state index in [0.717, 1.165) is 12.1 Å². The average molecular weight is 317 g/mol. The van der Waals surface area contributed by atoms with Gasteiger partial charge < -0.3 is 14.7 Å². The number of carbonyl (C=O) groups excluding carboxylic acids is 1. The molecule has 1 aliphatic rings. The van der Waals surface area contributed by atoms with Crippen LogP contribution in [-0.2, 0) is 21.3 Å². The van der Waals surface area contributed by atoms with Crippen LogP contribution in [0.4, 0.5) is 13.2 Å². The van der Waals surface area contributed by atoms with Crippen molar-refractivity contribution < 1.29 is 27.8 Å². The van der Waals surface area contributed by atoms with E-state index in [2.05, 4.69) is 0 Å². The zero-order valence-electron chi connectivity index (χ0n) is 12.2. The maximum absolute atomic E-state index is 12.8. The summed E-state index contributed by atoms with van der Waals surface area (Å²) in [6.45, 7) is 0.534. The smallest absolute Gasteiger partial charge is 0.385 e. The number of amides is 1. The van der Waals surface area contributed by atoms with E-state index in [4.69, 9.17) is 4.74 Å². The van der Waals surface area contributed by atoms with Crippen LogP contribution >= 0.6 is 0 Å². The fourth-order valence-electron chi connectivity index (χ4n) is 2.61. The second-order valence-corrected chi connectivity index (χ2v) is 5.42. The molecule has 1 fully saturated rings. The normalized spacial score (nSPS) is 18.3. The number of carbonyl (C=O) groups is 1. The first-order chi connectivity index (χ1) is 10.3. The van der Waals surface area contributed by atoms with Crippen molar-refractivity contribution in [1.82, 2.24) is 4.90 Å². The van der Waals surface area contributed by atoms with Crippen molar-refractivity contribution in [3.63, 3.8) is 0 Å². The minimum Gasteiger partial charge on any atom is -0.385 e. The average Bonchev–Trinajstić information content (AvgIpc) is 2.47. The standard InChI is InChI=1S/C15H18F3NO3/c1-22-10-13(20)19-7-5-14(21,6-8-19)11-3-2-4-12(9-11)15(16,17)18/h2-4,9,21H,5-8,10H2,1H3. The molecule has 0 atom stereocenters. The van der Waals surface area contributed by atoms with Crippen LogP contribution in [0.15, 0.2) is 24.3 Å². The van der Waals surface area contributed by atoms with Gasteiger partial charge in [-0.25, -0.2) is 0 Å². The minimum atomic E-state index is -4.44. The van der Waals surface area contributed by atoms with E-state index in [1.807, 2.05) is 0 Å². The largest absolute Gasteiger partial charge is 0.416 e. The number of benzene rings is 1. The van der Waals surface area contributed by atoms with Crippen molar-refractivity contribution >= 4 is 5.91 Å². The number of hydrogen-bond donors (Lipinski definition) is 1. The fourth-order valence-corrected chi connectivity index (χ4v) is 2.61. The molecule has 0 aliphatic carbocycles. The van der Waals surface area contributed by atoms with Crippen molar-refractivity contribution in [2.24, 2.45) is 0 Å². The minimum absolute atomic E-state index is 0.0397. The van der Waals surface area contributed by atoms with Gasteiger partial charge in [0.05, 0.1) is 11.2 Å². The lowest BCUT2D eigenvalue weighted by Crippen LogP contribution is -2.46. The lowest BCUT2D eigenvalue weighted by atomic mass is 9.83. The van der Waals surface area contributed by atoms with Gasteiger partial charge in [0.25, 0.3) is 0 Å². The summed E-state index contributed by atoms with van der Waals surface area (Å²) >= 11 is 0. The highest BCUT2D eigenvalue weighted by Gasteiger charge is 2.37. The highest BCUT2D eigenvalue weighted by molar-refractivity contribution is 5.77. The molecule has 2 rings (SSSR count). The summed E-state index contributed by atoms with van der Waals surface area (Å²) in [6.07, 6.45) is -4.05. The maximum atomic E-state index is 12.8. The van der Waals surface area contributed by atoms with Crippen LogP contribution in [0, 0.1) is 0 Å². The summed E-state index contributed by atoms with van der Waals surface area (Å²) in [5, 5.41) is 10.6. The zero-order valence-corrected chi connectivity index (χ0v) is 12.2. The van der Waals surface area contributed by atoms with Gasteiger partial charge in [0.1, 0.15) is 6.61 Å². The van der Waals surface area contributed by atoms with Crippen molar-refractivity contribution in [2.45, 2.75) is 24.6 Å². The maximum Gasteiger partial charge on any atom is 0.416 e. The molecule has 0 bridgehead atoms. The lowest BCUT2D eigenvalue weighted by Gasteiger charge is -2.38. The Morgan fingerprint density at radius 3 is 2.55 bits per heavy atom. The molecule has 0 saturated carbocycles. The third kappa shape index (κ3) is 3.59. The molecule has 1 N–H and O–H groups in total. The van der Waals surface area contributed by atoms with Gasteiger partial charge in [0.15, 0.2) is 0 Å². The third-order valence-corrected chi connectivity index (χ3v) is 3.94. The van der Waals surface area contributed by atoms with Crippen LogP contribution in [0.1, 0.15) is 24.0 Å². The Balaban J connectivity index is 2.12. The van der Waals surface area contributed by atoms with Crippen LogP contribution in [0.25, 0.3) is 0 Å². The molecule has 22 heavy (non-hydrogen) atoms. The Kier molecular flexibility index (Phi) is 4.77. The number of aliphatic hydroxyl groups is 1. The molecule has 122 valence electrons. The number of ether oxygens (including phenoxy) is 1. The van der Waals surface area contributed by atoms with Crippen LogP contribution in [0.2, 0.25) is 0 Å². The van der Waals surface area contributed by atoms with Crippen molar-refractivity contribution in [2.75, 3.05) is 26.8 Å². The highest BCUT2D eigenvalue weighted by atomic mass is 19.4. The first-order valence-electron chi connectivity index (χ1n) is 6.93. The van der Waals surface area contributed by atoms with Crippen molar-refractivity contribution in [1.29, 1.82) is 0 Å². The second kappa shape index (κ2) is 6.26. The molecule has 1 saturated heterocycles. The van der Waals surface area contributed by atoms with Gasteiger partial charge in [0, 0.05) is 20.2 Å². The number of halogens is 3. The van der Waals surface area contributed by atoms with Gasteiger partial charge in [0.2, 0.25) is 5.91 Å². The van der Waals surface area contributed by atoms with E-state index in [1.54, 1.807) is 4.90 Å². The first kappa shape index (κ1) is 16.8. The molecule has 0 unspecified atom stereocenters. The van der Waals surface area contributed by atoms with Crippen LogP contribution in [0.5, 0.6) is 0 Å². The first-order valence-corrected chi connectivity index (χ1v) is 6.93. The molecule has 1 aliphatic heterocycles. The predicted molar refractivity (Wildman–Crippen MR) is 73.0 cm³/mol. The fraction of sp³-hybridized carbons (Fsp3) is 0.533. The van der Waals surface area contributed by atoms with Crippen LogP contribution < -0.4 is 0 Å². The number of alkyl halides is 3. The van der Waals surface area contributed by atoms with Crippen LogP contribution in [-0.4, -0.2) is 42.7 Å². The molecule has 4 nitrogen and oxygen atoms in total. The van der Waals surface area contributed by atoms with Gasteiger partial charge in [-0.1, -0.05) is 12.1 Å². The van der Waals surface area contributed by atoms with E-state index in [0.29, 0.717) is 0 Å². The van der Waals surface area contributed by atoms with Crippen molar-refractivity contribution in [3.05, 3.63) is 35.4 Å². The van der Waals surface area contributed by atoms with Gasteiger partial charge in [-0.2, -0.15) is 13.2 Å². The summed E-state index contributed by atoms with van der Waals surface area (Å²) in [6, 6.07) is 4.73. The van der Waals surface area contributed by atoms with Gasteiger partial charge >= 0.3 is 6.18 Å². The summed E-state index contributed by atoms with van der Waals surface area (Å²) in [7, 11) is 1.42. The van der Waals surface area contributed by atoms with E-state index < -0.39 is 17.3 Å². The Morgan fingerprint density at radius 2 is 2.00 bits per heavy atom. The lowest BCUT2D eigenvalue weighted by molar-refractivity contribution is -0.139. The molecule has 0 spiro atoms. The highest BCUT2D eigenvalue weighted by Crippen LogP contribution is 2.36. The summed E-state index contributed by atoms with van der Waals surface area (Å²) < 4.78 is 43.1. The zero-order chi connectivity index (χ0) is 16.4. The number of likely N-dealkylation sites (tertiary alicyclic amines) is 1. The summed E-state index contributed by atoms with van der Waals surface area (Å²) in [5.74, 6) is -0.186. The Bertz CT molecular complexity index is 537. The quantitative estimate of drug-likeness (QED) is 0.929. The van der Waals surface area contributed by atoms with E-state index in [-0.39, 0.29) is 44.0 Å². The number of rotatable bonds is 3. The number of piperidine rings is 1. The van der Waals surface area contributed by atoms with Gasteiger partial charge in [-0.3, -0.25) is 4.79 Å². The molecule has 1 aromatic carbocycles. The third-order valence-electron chi connectivity index (χ3n) is 3.94. The summed E-state index contributed by atoms with van der Waals surface area (Å²) in [4.78, 5) is 13.2. The number of methoxy groups -OCH3 is 1. The molecular formula is C15H18F3NO3. The molecule has 0 radical (unpaired) electrons. The summed E-state index contributed by atoms with van der Waals surface area (Å²) in [5.41, 5.74) is -1.89. The molecule has 1 aromatic rings. The Hall–Kier alpha value is -1.60. The number of nitrogens with zero attached hydrogens (tertiary/aromatic N) is 1. The predicted octanol–water partition coefficient (Wildman–Crippen LogP) is 2.16. The van der Waals surface area contributed by atoms with E-state index >= 15 is 0 Å². The molecular weight excluding hydrogens is 299 g/mol. The SMILES string of the molecule is COCC(=O)N1CCC(O)(c2cccc(C(F)(F)F)c2)CC1. The molecule has 7 heteroatoms. The second-order valence-electron chi connectivity index (χ2n) is 5.42. The molecule has 0 aromatic heterocycles. The monoisotopic (exact) mass is 317 g/mol. The Labute approximate surface area is 126 Å². The van der Waals surface area contributed by atoms with Crippen molar-refractivity contribution in [3.8, 4) is 0 Å². The van der Waals surface area contributed by atoms with Gasteiger partial charge in [-0.15, -0.1) is 0 Å². The van der Waals surface area contributed by atoms with E-state index in [1.165, 1.54) is 19.2 Å². The van der Waals surface area contributed by atoms with Gasteiger partial charge in [-0.05, 0) is 30.5 Å². The topological polar surface area (TPSA) is 49.8 Å².